The van der Waals surface area contributed by atoms with E-state index in [2.05, 4.69) is 15.5 Å². The van der Waals surface area contributed by atoms with Crippen LogP contribution in [0.3, 0.4) is 0 Å². The van der Waals surface area contributed by atoms with Crippen molar-refractivity contribution in [3.63, 3.8) is 0 Å². The quantitative estimate of drug-likeness (QED) is 0.733. The molecule has 1 aromatic carbocycles. The predicted molar refractivity (Wildman–Crippen MR) is 68.6 cm³/mol. The topological polar surface area (TPSA) is 94.8 Å². The molecule has 0 radical (unpaired) electrons. The van der Waals surface area contributed by atoms with Crippen molar-refractivity contribution in [1.82, 2.24) is 14.8 Å². The van der Waals surface area contributed by atoms with Crippen molar-refractivity contribution in [2.45, 2.75) is 6.54 Å². The van der Waals surface area contributed by atoms with E-state index >= 15 is 0 Å². The number of hydrogen-bond acceptors (Lipinski definition) is 5. The van der Waals surface area contributed by atoms with Crippen LogP contribution in [0.1, 0.15) is 5.82 Å². The second-order valence-electron chi connectivity index (χ2n) is 3.77. The van der Waals surface area contributed by atoms with E-state index < -0.39 is 5.82 Å². The number of nitrogens with zero attached hydrogens (tertiary/aromatic N) is 3. The third-order valence-electron chi connectivity index (χ3n) is 2.49. The summed E-state index contributed by atoms with van der Waals surface area (Å²) in [6, 6.07) is 1.41. The summed E-state index contributed by atoms with van der Waals surface area (Å²) >= 11 is 5.72. The first-order chi connectivity index (χ1) is 8.50. The summed E-state index contributed by atoms with van der Waals surface area (Å²) in [6.07, 6.45) is 1.55. The molecule has 18 heavy (non-hydrogen) atoms. The van der Waals surface area contributed by atoms with Crippen LogP contribution in [0.4, 0.5) is 21.5 Å². The van der Waals surface area contributed by atoms with Gasteiger partial charge < -0.3 is 21.4 Å². The van der Waals surface area contributed by atoms with Crippen LogP contribution in [-0.4, -0.2) is 14.8 Å². The number of rotatable bonds is 3. The summed E-state index contributed by atoms with van der Waals surface area (Å²) < 4.78 is 15.6. The van der Waals surface area contributed by atoms with Crippen molar-refractivity contribution in [2.24, 2.45) is 7.05 Å². The van der Waals surface area contributed by atoms with Gasteiger partial charge in [-0.3, -0.25) is 0 Å². The lowest BCUT2D eigenvalue weighted by Crippen LogP contribution is -2.09. The van der Waals surface area contributed by atoms with Crippen LogP contribution in [-0.2, 0) is 13.6 Å². The fourth-order valence-electron chi connectivity index (χ4n) is 1.48. The molecule has 2 rings (SSSR count). The largest absolute Gasteiger partial charge is 0.397 e. The van der Waals surface area contributed by atoms with Crippen molar-refractivity contribution in [2.75, 3.05) is 16.8 Å². The number of hydrogen-bond donors (Lipinski definition) is 3. The van der Waals surface area contributed by atoms with Gasteiger partial charge in [-0.25, -0.2) is 4.39 Å². The minimum Gasteiger partial charge on any atom is -0.397 e. The summed E-state index contributed by atoms with van der Waals surface area (Å²) in [6.45, 7) is 0.276. The first-order valence-corrected chi connectivity index (χ1v) is 5.48. The predicted octanol–water partition coefficient (Wildman–Crippen LogP) is 1.38. The van der Waals surface area contributed by atoms with E-state index in [0.29, 0.717) is 5.82 Å². The highest BCUT2D eigenvalue weighted by Crippen LogP contribution is 2.33. The van der Waals surface area contributed by atoms with Crippen LogP contribution in [0.15, 0.2) is 12.4 Å². The molecule has 1 aromatic heterocycles. The average Bonchev–Trinajstić information content (AvgIpc) is 2.72. The monoisotopic (exact) mass is 270 g/mol. The first-order valence-electron chi connectivity index (χ1n) is 5.10. The van der Waals surface area contributed by atoms with Crippen LogP contribution in [0.25, 0.3) is 0 Å². The molecule has 0 aliphatic carbocycles. The van der Waals surface area contributed by atoms with Gasteiger partial charge in [0.1, 0.15) is 11.3 Å². The molecule has 0 atom stereocenters. The SMILES string of the molecule is Cn1cnnc1CNc1c(N)cc(N)c(Cl)c1F. The summed E-state index contributed by atoms with van der Waals surface area (Å²) in [5.41, 5.74) is 11.6. The lowest BCUT2D eigenvalue weighted by atomic mass is 10.2. The van der Waals surface area contributed by atoms with Crippen molar-refractivity contribution in [1.29, 1.82) is 0 Å². The molecular weight excluding hydrogens is 259 g/mol. The normalized spacial score (nSPS) is 10.6. The van der Waals surface area contributed by atoms with Crippen LogP contribution in [0.5, 0.6) is 0 Å². The highest BCUT2D eigenvalue weighted by atomic mass is 35.5. The number of benzene rings is 1. The standard InChI is InChI=1S/C10H12ClFN6/c1-18-4-16-17-7(18)3-15-10-6(14)2-5(13)8(11)9(10)12/h2,4,15H,3,13-14H2,1H3. The molecule has 0 amide bonds. The molecule has 0 bridgehead atoms. The molecule has 0 aliphatic rings. The number of nitrogens with one attached hydrogen (secondary N) is 1. The van der Waals surface area contributed by atoms with Gasteiger partial charge in [0, 0.05) is 7.05 Å². The molecule has 6 nitrogen and oxygen atoms in total. The lowest BCUT2D eigenvalue weighted by Gasteiger charge is -2.12. The van der Waals surface area contributed by atoms with Gasteiger partial charge in [0.25, 0.3) is 0 Å². The summed E-state index contributed by atoms with van der Waals surface area (Å²) in [4.78, 5) is 0. The van der Waals surface area contributed by atoms with E-state index in [1.54, 1.807) is 17.9 Å². The molecule has 96 valence electrons. The zero-order valence-electron chi connectivity index (χ0n) is 9.61. The third kappa shape index (κ3) is 2.17. The van der Waals surface area contributed by atoms with Gasteiger partial charge in [0.05, 0.1) is 23.6 Å². The van der Waals surface area contributed by atoms with E-state index in [-0.39, 0.29) is 28.6 Å². The Morgan fingerprint density at radius 3 is 2.78 bits per heavy atom. The molecule has 0 unspecified atom stereocenters. The average molecular weight is 271 g/mol. The zero-order chi connectivity index (χ0) is 13.3. The van der Waals surface area contributed by atoms with E-state index in [9.17, 15) is 4.39 Å². The van der Waals surface area contributed by atoms with Gasteiger partial charge in [0.2, 0.25) is 0 Å². The summed E-state index contributed by atoms with van der Waals surface area (Å²) in [5, 5.41) is 10.3. The number of aromatic nitrogens is 3. The summed E-state index contributed by atoms with van der Waals surface area (Å²) in [7, 11) is 1.78. The van der Waals surface area contributed by atoms with E-state index in [4.69, 9.17) is 23.1 Å². The first kappa shape index (κ1) is 12.4. The Balaban J connectivity index is 2.25. The number of anilines is 3. The molecule has 5 N–H and O–H groups in total. The Morgan fingerprint density at radius 1 is 1.44 bits per heavy atom. The van der Waals surface area contributed by atoms with Crippen LogP contribution in [0.2, 0.25) is 5.02 Å². The number of nitrogens with two attached hydrogens (primary N) is 2. The van der Waals surface area contributed by atoms with Crippen LogP contribution >= 0.6 is 11.6 Å². The van der Waals surface area contributed by atoms with Crippen molar-refractivity contribution in [3.8, 4) is 0 Å². The molecule has 2 aromatic rings. The Bertz CT molecular complexity index is 582. The molecular formula is C10H12ClFN6. The van der Waals surface area contributed by atoms with Crippen LogP contribution in [0, 0.1) is 5.82 Å². The lowest BCUT2D eigenvalue weighted by molar-refractivity contribution is 0.631. The second kappa shape index (κ2) is 4.69. The van der Waals surface area contributed by atoms with Gasteiger partial charge in [-0.05, 0) is 6.07 Å². The maximum Gasteiger partial charge on any atom is 0.169 e. The van der Waals surface area contributed by atoms with Crippen molar-refractivity contribution in [3.05, 3.63) is 29.1 Å². The van der Waals surface area contributed by atoms with Gasteiger partial charge in [-0.2, -0.15) is 0 Å². The Morgan fingerprint density at radius 2 is 2.17 bits per heavy atom. The van der Waals surface area contributed by atoms with Crippen LogP contribution < -0.4 is 16.8 Å². The number of nitrogen functional groups attached to an aromatic ring is 2. The third-order valence-corrected chi connectivity index (χ3v) is 2.88. The van der Waals surface area contributed by atoms with Crippen molar-refractivity contribution < 1.29 is 4.39 Å². The highest BCUT2D eigenvalue weighted by Gasteiger charge is 2.14. The smallest absolute Gasteiger partial charge is 0.169 e. The van der Waals surface area contributed by atoms with Gasteiger partial charge in [-0.15, -0.1) is 10.2 Å². The minimum atomic E-state index is -0.670. The molecule has 0 saturated carbocycles. The van der Waals surface area contributed by atoms with E-state index in [0.717, 1.165) is 0 Å². The number of aryl methyl sites for hydroxylation is 1. The molecule has 8 heteroatoms. The van der Waals surface area contributed by atoms with Crippen molar-refractivity contribution >= 4 is 28.7 Å². The second-order valence-corrected chi connectivity index (χ2v) is 4.15. The maximum atomic E-state index is 13.9. The molecule has 1 heterocycles. The van der Waals surface area contributed by atoms with E-state index in [1.165, 1.54) is 6.07 Å². The van der Waals surface area contributed by atoms with Gasteiger partial charge >= 0.3 is 0 Å². The maximum absolute atomic E-state index is 13.9. The van der Waals surface area contributed by atoms with E-state index in [1.807, 2.05) is 0 Å². The fourth-order valence-corrected chi connectivity index (χ4v) is 1.63. The highest BCUT2D eigenvalue weighted by molar-refractivity contribution is 6.33. The van der Waals surface area contributed by atoms with Gasteiger partial charge in [0.15, 0.2) is 11.6 Å². The Hall–Kier alpha value is -2.02. The van der Waals surface area contributed by atoms with Gasteiger partial charge in [-0.1, -0.05) is 11.6 Å². The molecule has 0 spiro atoms. The zero-order valence-corrected chi connectivity index (χ0v) is 10.4. The molecule has 0 aliphatic heterocycles. The summed E-state index contributed by atoms with van der Waals surface area (Å²) in [5.74, 6) is -0.0296. The molecule has 0 fully saturated rings. The fraction of sp³-hybridized carbons (Fsp3) is 0.200. The number of halogens is 2. The Kier molecular flexibility index (Phi) is 3.24. The minimum absolute atomic E-state index is 0.107. The molecule has 0 saturated heterocycles. The Labute approximate surface area is 108 Å².